The van der Waals surface area contributed by atoms with E-state index in [0.717, 1.165) is 6.42 Å². The Labute approximate surface area is 160 Å². The van der Waals surface area contributed by atoms with Crippen molar-refractivity contribution in [2.75, 3.05) is 18.6 Å². The van der Waals surface area contributed by atoms with Gasteiger partial charge >= 0.3 is 0 Å². The van der Waals surface area contributed by atoms with Crippen molar-refractivity contribution in [3.05, 3.63) is 33.8 Å². The number of hydrogen-bond donors (Lipinski definition) is 1. The number of amides is 2. The molecule has 0 aliphatic carbocycles. The van der Waals surface area contributed by atoms with Gasteiger partial charge in [0.15, 0.2) is 0 Å². The van der Waals surface area contributed by atoms with E-state index in [1.165, 1.54) is 0 Å². The fraction of sp³-hybridized carbons (Fsp3) is 0.529. The van der Waals surface area contributed by atoms with Crippen LogP contribution in [0.15, 0.2) is 18.2 Å². The van der Waals surface area contributed by atoms with Crippen molar-refractivity contribution in [3.63, 3.8) is 0 Å². The lowest BCUT2D eigenvalue weighted by Crippen LogP contribution is -2.48. The van der Waals surface area contributed by atoms with Crippen molar-refractivity contribution in [2.24, 2.45) is 0 Å². The predicted molar refractivity (Wildman–Crippen MR) is 102 cm³/mol. The van der Waals surface area contributed by atoms with Crippen LogP contribution in [0.4, 0.5) is 0 Å². The van der Waals surface area contributed by atoms with Crippen LogP contribution in [0, 0.1) is 0 Å². The lowest BCUT2D eigenvalue weighted by molar-refractivity contribution is -0.125. The number of carbonyl (C=O) groups is 2. The van der Waals surface area contributed by atoms with Crippen molar-refractivity contribution in [1.82, 2.24) is 10.2 Å². The van der Waals surface area contributed by atoms with Crippen molar-refractivity contribution >= 4 is 45.8 Å². The summed E-state index contributed by atoms with van der Waals surface area (Å²) in [4.78, 5) is 26.9. The van der Waals surface area contributed by atoms with E-state index in [0.29, 0.717) is 40.7 Å². The van der Waals surface area contributed by atoms with Gasteiger partial charge in [0, 0.05) is 51.0 Å². The summed E-state index contributed by atoms with van der Waals surface area (Å²) in [5.74, 6) is 0.119. The second-order valence-electron chi connectivity index (χ2n) is 6.29. The Morgan fingerprint density at radius 2 is 1.96 bits per heavy atom. The van der Waals surface area contributed by atoms with Crippen LogP contribution in [0.5, 0.6) is 0 Å². The van der Waals surface area contributed by atoms with Gasteiger partial charge in [0.2, 0.25) is 5.91 Å². The Balaban J connectivity index is 2.04. The zero-order chi connectivity index (χ0) is 18.6. The highest BCUT2D eigenvalue weighted by molar-refractivity contribution is 7.84. The fourth-order valence-corrected chi connectivity index (χ4v) is 4.09. The van der Waals surface area contributed by atoms with Gasteiger partial charge in [-0.3, -0.25) is 13.8 Å². The number of carbonyl (C=O) groups excluding carboxylic acids is 2. The van der Waals surface area contributed by atoms with E-state index in [2.05, 4.69) is 5.32 Å². The van der Waals surface area contributed by atoms with E-state index in [1.54, 1.807) is 29.4 Å². The Morgan fingerprint density at radius 3 is 2.56 bits per heavy atom. The van der Waals surface area contributed by atoms with Crippen LogP contribution in [0.2, 0.25) is 10.0 Å². The normalized spacial score (nSPS) is 19.5. The maximum atomic E-state index is 12.8. The van der Waals surface area contributed by atoms with E-state index in [4.69, 9.17) is 23.2 Å². The highest BCUT2D eigenvalue weighted by Crippen LogP contribution is 2.24. The summed E-state index contributed by atoms with van der Waals surface area (Å²) in [6, 6.07) is 4.09. The second kappa shape index (κ2) is 9.01. The molecule has 1 fully saturated rings. The molecular formula is C17H22Cl2N2O3S. The first kappa shape index (κ1) is 20.2. The Kier molecular flexibility index (Phi) is 7.28. The zero-order valence-electron chi connectivity index (χ0n) is 14.3. The number of halogens is 2. The zero-order valence-corrected chi connectivity index (χ0v) is 16.6. The molecule has 8 heteroatoms. The predicted octanol–water partition coefficient (Wildman–Crippen LogP) is 2.87. The van der Waals surface area contributed by atoms with Crippen molar-refractivity contribution < 1.29 is 13.8 Å². The molecule has 25 heavy (non-hydrogen) atoms. The van der Waals surface area contributed by atoms with Crippen molar-refractivity contribution in [1.29, 1.82) is 0 Å². The summed E-state index contributed by atoms with van der Waals surface area (Å²) in [5.41, 5.74) is 0.381. The number of likely N-dealkylation sites (tertiary alicyclic amines) is 1. The largest absolute Gasteiger partial charge is 0.352 e. The minimum absolute atomic E-state index is 0.0884. The number of rotatable bonds is 6. The summed E-state index contributed by atoms with van der Waals surface area (Å²) in [6.45, 7) is 2.40. The van der Waals surface area contributed by atoms with Gasteiger partial charge in [-0.1, -0.05) is 23.2 Å². The molecule has 1 saturated heterocycles. The minimum atomic E-state index is -0.888. The molecule has 2 amide bonds. The van der Waals surface area contributed by atoms with Gasteiger partial charge in [-0.2, -0.15) is 0 Å². The third-order valence-electron chi connectivity index (χ3n) is 4.15. The molecule has 2 rings (SSSR count). The molecule has 138 valence electrons. The maximum Gasteiger partial charge on any atom is 0.254 e. The smallest absolute Gasteiger partial charge is 0.254 e. The van der Waals surface area contributed by atoms with Gasteiger partial charge in [0.1, 0.15) is 6.04 Å². The second-order valence-corrected chi connectivity index (χ2v) is 8.72. The molecule has 3 atom stereocenters. The first-order valence-corrected chi connectivity index (χ1v) is 10.6. The van der Waals surface area contributed by atoms with Crippen LogP contribution in [0.1, 0.15) is 36.5 Å². The molecule has 0 radical (unpaired) electrons. The van der Waals surface area contributed by atoms with Crippen LogP contribution in [-0.2, 0) is 15.6 Å². The monoisotopic (exact) mass is 404 g/mol. The van der Waals surface area contributed by atoms with E-state index < -0.39 is 16.8 Å². The number of nitrogens with one attached hydrogen (secondary N) is 1. The van der Waals surface area contributed by atoms with Crippen LogP contribution in [-0.4, -0.2) is 51.6 Å². The average molecular weight is 405 g/mol. The van der Waals surface area contributed by atoms with Gasteiger partial charge in [0.05, 0.1) is 0 Å². The van der Waals surface area contributed by atoms with Gasteiger partial charge < -0.3 is 10.2 Å². The standard InChI is InChI=1S/C17H22Cl2N2O3S/c1-11(5-7-25(2)24)20-16(22)15-4-3-6-21(15)17(23)12-8-13(18)10-14(19)9-12/h8-11,15H,3-7H2,1-2H3,(H,20,22)/t11-,15+,25-/m1/s1. The quantitative estimate of drug-likeness (QED) is 0.792. The number of benzene rings is 1. The molecule has 0 saturated carbocycles. The Hall–Kier alpha value is -1.11. The van der Waals surface area contributed by atoms with Crippen LogP contribution in [0.25, 0.3) is 0 Å². The van der Waals surface area contributed by atoms with Gasteiger partial charge in [-0.15, -0.1) is 0 Å². The van der Waals surface area contributed by atoms with Crippen molar-refractivity contribution in [2.45, 2.75) is 38.3 Å². The van der Waals surface area contributed by atoms with E-state index in [-0.39, 0.29) is 17.9 Å². The molecule has 1 aliphatic heterocycles. The highest BCUT2D eigenvalue weighted by atomic mass is 35.5. The molecule has 1 aliphatic rings. The topological polar surface area (TPSA) is 66.5 Å². The first-order chi connectivity index (χ1) is 11.8. The van der Waals surface area contributed by atoms with Gasteiger partial charge in [-0.05, 0) is 44.4 Å². The van der Waals surface area contributed by atoms with Gasteiger partial charge in [-0.25, -0.2) is 0 Å². The summed E-state index contributed by atoms with van der Waals surface area (Å²) in [5, 5.41) is 3.69. The first-order valence-electron chi connectivity index (χ1n) is 8.15. The minimum Gasteiger partial charge on any atom is -0.352 e. The fourth-order valence-electron chi connectivity index (χ4n) is 2.88. The molecule has 0 spiro atoms. The summed E-state index contributed by atoms with van der Waals surface area (Å²) < 4.78 is 11.2. The third kappa shape index (κ3) is 5.69. The van der Waals surface area contributed by atoms with E-state index in [1.807, 2.05) is 6.92 Å². The van der Waals surface area contributed by atoms with Crippen molar-refractivity contribution in [3.8, 4) is 0 Å². The summed E-state index contributed by atoms with van der Waals surface area (Å²) in [7, 11) is -0.888. The molecular weight excluding hydrogens is 383 g/mol. The molecule has 1 aromatic carbocycles. The summed E-state index contributed by atoms with van der Waals surface area (Å²) >= 11 is 11.9. The molecule has 1 aromatic rings. The Bertz CT molecular complexity index is 664. The molecule has 5 nitrogen and oxygen atoms in total. The Morgan fingerprint density at radius 1 is 1.32 bits per heavy atom. The van der Waals surface area contributed by atoms with Crippen LogP contribution >= 0.6 is 23.2 Å². The molecule has 1 N–H and O–H groups in total. The van der Waals surface area contributed by atoms with Crippen LogP contribution in [0.3, 0.4) is 0 Å². The van der Waals surface area contributed by atoms with E-state index >= 15 is 0 Å². The number of nitrogens with zero attached hydrogens (tertiary/aromatic N) is 1. The lowest BCUT2D eigenvalue weighted by atomic mass is 10.1. The summed E-state index contributed by atoms with van der Waals surface area (Å²) in [6.07, 6.45) is 3.67. The third-order valence-corrected chi connectivity index (χ3v) is 5.40. The molecule has 0 unspecified atom stereocenters. The van der Waals surface area contributed by atoms with Crippen LogP contribution < -0.4 is 5.32 Å². The highest BCUT2D eigenvalue weighted by Gasteiger charge is 2.35. The van der Waals surface area contributed by atoms with Gasteiger partial charge in [0.25, 0.3) is 5.91 Å². The average Bonchev–Trinajstić information content (AvgIpc) is 3.00. The molecule has 0 bridgehead atoms. The number of hydrogen-bond acceptors (Lipinski definition) is 3. The SMILES string of the molecule is C[C@H](CC[S@@](C)=O)NC(=O)[C@@H]1CCCN1C(=O)c1cc(Cl)cc(Cl)c1. The lowest BCUT2D eigenvalue weighted by Gasteiger charge is -2.25. The maximum absolute atomic E-state index is 12.8. The van der Waals surface area contributed by atoms with E-state index in [9.17, 15) is 13.8 Å². The molecule has 0 aromatic heterocycles. The molecule has 1 heterocycles.